The van der Waals surface area contributed by atoms with E-state index in [0.29, 0.717) is 0 Å². The van der Waals surface area contributed by atoms with Crippen LogP contribution in [0.3, 0.4) is 0 Å². The second-order valence-electron chi connectivity index (χ2n) is 7.72. The summed E-state index contributed by atoms with van der Waals surface area (Å²) in [4.78, 5) is 4.75. The van der Waals surface area contributed by atoms with Gasteiger partial charge in [0.15, 0.2) is 0 Å². The minimum Gasteiger partial charge on any atom is -0.299 e. The Hall–Kier alpha value is -3.91. The Balaban J connectivity index is 1.88. The minimum atomic E-state index is 1.01. The highest BCUT2D eigenvalue weighted by Crippen LogP contribution is 2.39. The van der Waals surface area contributed by atoms with Gasteiger partial charge in [0.1, 0.15) is 5.65 Å². The molecule has 3 aromatic heterocycles. The maximum Gasteiger partial charge on any atom is 0.145 e. The van der Waals surface area contributed by atoms with Gasteiger partial charge in [-0.1, -0.05) is 60.7 Å². The summed E-state index contributed by atoms with van der Waals surface area (Å²) in [6.45, 7) is 0. The van der Waals surface area contributed by atoms with E-state index in [1.54, 1.807) is 0 Å². The highest BCUT2D eigenvalue weighted by atomic mass is 15.0. The number of pyridine rings is 2. The van der Waals surface area contributed by atoms with Gasteiger partial charge in [-0.05, 0) is 51.2 Å². The number of aromatic nitrogens is 2. The van der Waals surface area contributed by atoms with E-state index >= 15 is 0 Å². The first-order valence-corrected chi connectivity index (χ1v) is 9.90. The Morgan fingerprint density at radius 2 is 1.31 bits per heavy atom. The van der Waals surface area contributed by atoms with Crippen molar-refractivity contribution in [2.75, 3.05) is 0 Å². The molecule has 29 heavy (non-hydrogen) atoms. The first-order valence-electron chi connectivity index (χ1n) is 9.90. The van der Waals surface area contributed by atoms with E-state index in [0.717, 1.165) is 5.65 Å². The second kappa shape index (κ2) is 5.33. The van der Waals surface area contributed by atoms with Crippen molar-refractivity contribution in [1.29, 1.82) is 0 Å². The molecule has 7 aromatic rings. The topological polar surface area (TPSA) is 17.3 Å². The van der Waals surface area contributed by atoms with Gasteiger partial charge in [0.2, 0.25) is 0 Å². The molecule has 0 saturated heterocycles. The molecule has 2 nitrogen and oxygen atoms in total. The monoisotopic (exact) mass is 368 g/mol. The molecule has 0 N–H and O–H groups in total. The van der Waals surface area contributed by atoms with Gasteiger partial charge in [-0.15, -0.1) is 0 Å². The van der Waals surface area contributed by atoms with Gasteiger partial charge in [0.05, 0.1) is 5.52 Å². The zero-order valence-electron chi connectivity index (χ0n) is 15.6. The number of benzene rings is 4. The van der Waals surface area contributed by atoms with Crippen LogP contribution in [0.4, 0.5) is 0 Å². The van der Waals surface area contributed by atoms with Crippen LogP contribution in [0, 0.1) is 0 Å². The Morgan fingerprint density at radius 1 is 0.552 bits per heavy atom. The number of fused-ring (bicyclic) bond motifs is 11. The molecule has 0 amide bonds. The molecule has 0 aliphatic rings. The van der Waals surface area contributed by atoms with Gasteiger partial charge in [0, 0.05) is 33.9 Å². The van der Waals surface area contributed by atoms with E-state index < -0.39 is 0 Å². The van der Waals surface area contributed by atoms with Crippen LogP contribution in [-0.2, 0) is 0 Å². The predicted octanol–water partition coefficient (Wildman–Crippen LogP) is 7.10. The predicted molar refractivity (Wildman–Crippen MR) is 123 cm³/mol. The SMILES string of the molecule is c1ccc2cc3c(ccc4c5cccnc5n5cc6ccccc6c5c34)cc2c1. The van der Waals surface area contributed by atoms with Crippen molar-refractivity contribution in [2.24, 2.45) is 0 Å². The summed E-state index contributed by atoms with van der Waals surface area (Å²) in [5, 5.41) is 11.4. The third-order valence-corrected chi connectivity index (χ3v) is 6.15. The summed E-state index contributed by atoms with van der Waals surface area (Å²) in [6, 6.07) is 30.6. The second-order valence-corrected chi connectivity index (χ2v) is 7.72. The molecule has 134 valence electrons. The Kier molecular flexibility index (Phi) is 2.77. The zero-order valence-corrected chi connectivity index (χ0v) is 15.6. The molecular weight excluding hydrogens is 352 g/mol. The first-order chi connectivity index (χ1) is 14.4. The molecule has 0 aliphatic heterocycles. The van der Waals surface area contributed by atoms with Crippen molar-refractivity contribution in [2.45, 2.75) is 0 Å². The molecule has 0 atom stereocenters. The third kappa shape index (κ3) is 1.93. The average Bonchev–Trinajstić information content (AvgIpc) is 3.17. The van der Waals surface area contributed by atoms with Crippen LogP contribution in [0.15, 0.2) is 97.3 Å². The van der Waals surface area contributed by atoms with Gasteiger partial charge >= 0.3 is 0 Å². The number of rotatable bonds is 0. The number of nitrogens with zero attached hydrogens (tertiary/aromatic N) is 2. The van der Waals surface area contributed by atoms with E-state index in [4.69, 9.17) is 4.98 Å². The average molecular weight is 368 g/mol. The fourth-order valence-corrected chi connectivity index (χ4v) is 4.87. The fraction of sp³-hybridized carbons (Fsp3) is 0. The third-order valence-electron chi connectivity index (χ3n) is 6.15. The fourth-order valence-electron chi connectivity index (χ4n) is 4.87. The van der Waals surface area contributed by atoms with Crippen molar-refractivity contribution in [1.82, 2.24) is 9.38 Å². The molecule has 2 heteroatoms. The van der Waals surface area contributed by atoms with Gasteiger partial charge in [-0.3, -0.25) is 4.40 Å². The zero-order chi connectivity index (χ0) is 18.9. The van der Waals surface area contributed by atoms with Gasteiger partial charge < -0.3 is 0 Å². The lowest BCUT2D eigenvalue weighted by Crippen LogP contribution is -1.93. The van der Waals surface area contributed by atoms with Gasteiger partial charge in [-0.25, -0.2) is 4.98 Å². The first kappa shape index (κ1) is 15.1. The maximum atomic E-state index is 4.75. The van der Waals surface area contributed by atoms with E-state index in [-0.39, 0.29) is 0 Å². The van der Waals surface area contributed by atoms with Crippen LogP contribution in [0.25, 0.3) is 59.6 Å². The molecule has 0 fully saturated rings. The quantitative estimate of drug-likeness (QED) is 0.206. The van der Waals surface area contributed by atoms with E-state index in [2.05, 4.69) is 89.5 Å². The summed E-state index contributed by atoms with van der Waals surface area (Å²) in [6.07, 6.45) is 4.10. The molecule has 0 bridgehead atoms. The van der Waals surface area contributed by atoms with E-state index in [1.165, 1.54) is 54.0 Å². The number of hydrogen-bond donors (Lipinski definition) is 0. The summed E-state index contributed by atoms with van der Waals surface area (Å²) in [7, 11) is 0. The smallest absolute Gasteiger partial charge is 0.145 e. The van der Waals surface area contributed by atoms with E-state index in [9.17, 15) is 0 Å². The minimum absolute atomic E-state index is 1.01. The van der Waals surface area contributed by atoms with Crippen LogP contribution in [-0.4, -0.2) is 9.38 Å². The maximum absolute atomic E-state index is 4.75. The van der Waals surface area contributed by atoms with E-state index in [1.807, 2.05) is 12.3 Å². The molecule has 3 heterocycles. The highest BCUT2D eigenvalue weighted by Gasteiger charge is 2.15. The Labute approximate surface area is 166 Å². The number of hydrogen-bond acceptors (Lipinski definition) is 1. The molecule has 0 saturated carbocycles. The summed E-state index contributed by atoms with van der Waals surface area (Å²) < 4.78 is 2.27. The highest BCUT2D eigenvalue weighted by molar-refractivity contribution is 6.28. The lowest BCUT2D eigenvalue weighted by Gasteiger charge is -2.12. The van der Waals surface area contributed by atoms with Gasteiger partial charge in [0.25, 0.3) is 0 Å². The molecule has 0 aliphatic carbocycles. The molecule has 7 rings (SSSR count). The van der Waals surface area contributed by atoms with Crippen molar-refractivity contribution < 1.29 is 0 Å². The van der Waals surface area contributed by atoms with Crippen LogP contribution in [0.5, 0.6) is 0 Å². The van der Waals surface area contributed by atoms with Crippen LogP contribution in [0.2, 0.25) is 0 Å². The molecule has 0 unspecified atom stereocenters. The Bertz CT molecular complexity index is 1760. The summed E-state index contributed by atoms with van der Waals surface area (Å²) in [5.41, 5.74) is 2.24. The molecule has 4 aromatic carbocycles. The van der Waals surface area contributed by atoms with Crippen molar-refractivity contribution >= 4 is 59.6 Å². The Morgan fingerprint density at radius 3 is 2.21 bits per heavy atom. The van der Waals surface area contributed by atoms with Crippen LogP contribution in [0.1, 0.15) is 0 Å². The van der Waals surface area contributed by atoms with Gasteiger partial charge in [-0.2, -0.15) is 0 Å². The standard InChI is InChI=1S/C27H16N2/c1-2-7-18-15-24-19(14-17(18)6-1)11-12-22-23-10-5-13-28-27(23)29-16-20-8-3-4-9-21(20)26(29)25(22)24/h1-16H. The molecule has 0 spiro atoms. The molecule has 0 radical (unpaired) electrons. The van der Waals surface area contributed by atoms with Crippen molar-refractivity contribution in [3.63, 3.8) is 0 Å². The largest absolute Gasteiger partial charge is 0.299 e. The van der Waals surface area contributed by atoms with Crippen molar-refractivity contribution in [3.8, 4) is 0 Å². The van der Waals surface area contributed by atoms with Crippen molar-refractivity contribution in [3.05, 3.63) is 97.3 Å². The molecular formula is C27H16N2. The lowest BCUT2D eigenvalue weighted by atomic mass is 9.96. The summed E-state index contributed by atoms with van der Waals surface area (Å²) in [5.74, 6) is 0. The summed E-state index contributed by atoms with van der Waals surface area (Å²) >= 11 is 0. The van der Waals surface area contributed by atoms with Crippen LogP contribution >= 0.6 is 0 Å². The normalized spacial score (nSPS) is 12.1. The lowest BCUT2D eigenvalue weighted by molar-refractivity contribution is 1.22. The van der Waals surface area contributed by atoms with Crippen LogP contribution < -0.4 is 0 Å².